The first-order valence-corrected chi connectivity index (χ1v) is 5.95. The van der Waals surface area contributed by atoms with Crippen molar-refractivity contribution in [2.45, 2.75) is 32.7 Å². The summed E-state index contributed by atoms with van der Waals surface area (Å²) in [7, 11) is 0. The zero-order valence-electron chi connectivity index (χ0n) is 10.0. The number of hydrogen-bond acceptors (Lipinski definition) is 1. The summed E-state index contributed by atoms with van der Waals surface area (Å²) >= 11 is 0. The number of para-hydroxylation sites is 1. The van der Waals surface area contributed by atoms with E-state index in [2.05, 4.69) is 34.9 Å². The van der Waals surface area contributed by atoms with Crippen molar-refractivity contribution in [1.82, 2.24) is 4.57 Å². The molecule has 0 atom stereocenters. The van der Waals surface area contributed by atoms with Crippen LogP contribution < -0.4 is 0 Å². The van der Waals surface area contributed by atoms with Crippen molar-refractivity contribution >= 4 is 16.9 Å². The van der Waals surface area contributed by atoms with E-state index in [-0.39, 0.29) is 0 Å². The van der Waals surface area contributed by atoms with Gasteiger partial charge in [0.15, 0.2) is 0 Å². The zero-order chi connectivity index (χ0) is 12.3. The molecular formula is C14H17NO2. The summed E-state index contributed by atoms with van der Waals surface area (Å²) in [6.45, 7) is 2.29. The first-order valence-electron chi connectivity index (χ1n) is 5.95. The molecule has 0 saturated heterocycles. The van der Waals surface area contributed by atoms with Gasteiger partial charge in [0.2, 0.25) is 0 Å². The van der Waals surface area contributed by atoms with Gasteiger partial charge in [0.25, 0.3) is 5.97 Å². The van der Waals surface area contributed by atoms with Gasteiger partial charge in [-0.3, -0.25) is 4.79 Å². The Morgan fingerprint density at radius 2 is 2.00 bits per heavy atom. The van der Waals surface area contributed by atoms with Gasteiger partial charge in [-0.05, 0) is 36.8 Å². The summed E-state index contributed by atoms with van der Waals surface area (Å²) in [6.07, 6.45) is 3.96. The van der Waals surface area contributed by atoms with Crippen LogP contribution in [0.1, 0.15) is 25.5 Å². The van der Waals surface area contributed by atoms with Crippen molar-refractivity contribution in [1.29, 1.82) is 0 Å². The largest absolute Gasteiger partial charge is 0.481 e. The number of fused-ring (bicyclic) bond motifs is 3. The standard InChI is InChI=1S/C12H13N.C2H4O2/c1-2-7-12-10(5-1)9-11-6-3-4-8-13(11)12;1-2(3)4/h1-2,5,7,9H,3-4,6,8H2;1H3,(H,3,4). The number of carbonyl (C=O) groups is 1. The van der Waals surface area contributed by atoms with Gasteiger partial charge in [-0.25, -0.2) is 0 Å². The minimum Gasteiger partial charge on any atom is -0.481 e. The fourth-order valence-electron chi connectivity index (χ4n) is 2.31. The average Bonchev–Trinajstić information content (AvgIpc) is 2.66. The normalized spacial score (nSPS) is 13.7. The molecule has 0 spiro atoms. The molecule has 0 unspecified atom stereocenters. The Morgan fingerprint density at radius 3 is 2.76 bits per heavy atom. The highest BCUT2D eigenvalue weighted by Gasteiger charge is 2.11. The maximum Gasteiger partial charge on any atom is 0.300 e. The van der Waals surface area contributed by atoms with Crippen LogP contribution in [0, 0.1) is 0 Å². The van der Waals surface area contributed by atoms with Crippen LogP contribution in [0.3, 0.4) is 0 Å². The fourth-order valence-corrected chi connectivity index (χ4v) is 2.31. The van der Waals surface area contributed by atoms with E-state index < -0.39 is 5.97 Å². The van der Waals surface area contributed by atoms with Crippen LogP contribution in [0.4, 0.5) is 0 Å². The Bertz CT molecular complexity index is 524. The van der Waals surface area contributed by atoms with E-state index >= 15 is 0 Å². The Hall–Kier alpha value is -1.77. The van der Waals surface area contributed by atoms with E-state index in [0.717, 1.165) is 6.92 Å². The third kappa shape index (κ3) is 2.67. The molecule has 0 saturated carbocycles. The summed E-state index contributed by atoms with van der Waals surface area (Å²) in [5.74, 6) is -0.833. The molecule has 1 N–H and O–H groups in total. The smallest absolute Gasteiger partial charge is 0.300 e. The minimum absolute atomic E-state index is 0.833. The van der Waals surface area contributed by atoms with Gasteiger partial charge >= 0.3 is 0 Å². The van der Waals surface area contributed by atoms with Crippen LogP contribution in [-0.4, -0.2) is 15.6 Å². The van der Waals surface area contributed by atoms with E-state index in [4.69, 9.17) is 9.90 Å². The first-order chi connectivity index (χ1) is 8.18. The number of aliphatic carboxylic acids is 1. The summed E-state index contributed by atoms with van der Waals surface area (Å²) < 4.78 is 2.47. The average molecular weight is 231 g/mol. The molecule has 1 aliphatic rings. The lowest BCUT2D eigenvalue weighted by Crippen LogP contribution is -2.08. The molecule has 0 bridgehead atoms. The molecule has 1 aromatic carbocycles. The Balaban J connectivity index is 0.000000239. The maximum absolute atomic E-state index is 9.00. The molecule has 3 nitrogen and oxygen atoms in total. The van der Waals surface area contributed by atoms with E-state index in [0.29, 0.717) is 0 Å². The highest BCUT2D eigenvalue weighted by atomic mass is 16.4. The summed E-state index contributed by atoms with van der Waals surface area (Å²) in [5.41, 5.74) is 2.93. The summed E-state index contributed by atoms with van der Waals surface area (Å²) in [6, 6.07) is 11.0. The van der Waals surface area contributed by atoms with Crippen LogP contribution in [0.25, 0.3) is 10.9 Å². The van der Waals surface area contributed by atoms with Gasteiger partial charge in [-0.2, -0.15) is 0 Å². The molecule has 1 aliphatic heterocycles. The van der Waals surface area contributed by atoms with Crippen molar-refractivity contribution in [2.75, 3.05) is 0 Å². The van der Waals surface area contributed by atoms with Crippen LogP contribution in [-0.2, 0) is 17.8 Å². The third-order valence-electron chi connectivity index (χ3n) is 2.96. The summed E-state index contributed by atoms with van der Waals surface area (Å²) in [5, 5.41) is 8.82. The predicted octanol–water partition coefficient (Wildman–Crippen LogP) is 3.07. The number of carboxylic acids is 1. The van der Waals surface area contributed by atoms with E-state index in [1.165, 1.54) is 42.4 Å². The van der Waals surface area contributed by atoms with Crippen molar-refractivity contribution in [3.8, 4) is 0 Å². The van der Waals surface area contributed by atoms with Crippen molar-refractivity contribution < 1.29 is 9.90 Å². The second kappa shape index (κ2) is 5.04. The molecule has 2 aromatic rings. The lowest BCUT2D eigenvalue weighted by Gasteiger charge is -2.15. The number of benzene rings is 1. The number of rotatable bonds is 0. The molecule has 90 valence electrons. The van der Waals surface area contributed by atoms with Gasteiger partial charge in [0.1, 0.15) is 0 Å². The monoisotopic (exact) mass is 231 g/mol. The van der Waals surface area contributed by atoms with Crippen LogP contribution in [0.2, 0.25) is 0 Å². The SMILES string of the molecule is CC(=O)O.c1ccc2c(c1)cc1n2CCCC1. The first kappa shape index (κ1) is 11.7. The molecule has 0 aliphatic carbocycles. The Morgan fingerprint density at radius 1 is 1.29 bits per heavy atom. The Labute approximate surface area is 101 Å². The highest BCUT2D eigenvalue weighted by molar-refractivity contribution is 5.81. The van der Waals surface area contributed by atoms with Crippen molar-refractivity contribution in [3.63, 3.8) is 0 Å². The Kier molecular flexibility index (Phi) is 3.47. The molecule has 2 heterocycles. The molecule has 3 rings (SSSR count). The quantitative estimate of drug-likeness (QED) is 0.757. The molecule has 17 heavy (non-hydrogen) atoms. The van der Waals surface area contributed by atoms with Gasteiger partial charge in [0, 0.05) is 24.7 Å². The van der Waals surface area contributed by atoms with E-state index in [1.54, 1.807) is 0 Å². The van der Waals surface area contributed by atoms with Gasteiger partial charge < -0.3 is 9.67 Å². The lowest BCUT2D eigenvalue weighted by atomic mass is 10.1. The third-order valence-corrected chi connectivity index (χ3v) is 2.96. The van der Waals surface area contributed by atoms with E-state index in [9.17, 15) is 0 Å². The molecule has 0 fully saturated rings. The van der Waals surface area contributed by atoms with Crippen molar-refractivity contribution in [2.24, 2.45) is 0 Å². The topological polar surface area (TPSA) is 42.2 Å². The number of hydrogen-bond donors (Lipinski definition) is 1. The lowest BCUT2D eigenvalue weighted by molar-refractivity contribution is -0.134. The van der Waals surface area contributed by atoms with Crippen LogP contribution >= 0.6 is 0 Å². The molecular weight excluding hydrogens is 214 g/mol. The molecule has 0 radical (unpaired) electrons. The van der Waals surface area contributed by atoms with Gasteiger partial charge in [-0.15, -0.1) is 0 Å². The minimum atomic E-state index is -0.833. The van der Waals surface area contributed by atoms with Gasteiger partial charge in [0.05, 0.1) is 0 Å². The number of aryl methyl sites for hydroxylation is 2. The highest BCUT2D eigenvalue weighted by Crippen LogP contribution is 2.24. The van der Waals surface area contributed by atoms with Crippen LogP contribution in [0.15, 0.2) is 30.3 Å². The summed E-state index contributed by atoms with van der Waals surface area (Å²) in [4.78, 5) is 9.00. The predicted molar refractivity (Wildman–Crippen MR) is 68.2 cm³/mol. The van der Waals surface area contributed by atoms with Gasteiger partial charge in [-0.1, -0.05) is 18.2 Å². The molecule has 1 aromatic heterocycles. The number of nitrogens with zero attached hydrogens (tertiary/aromatic N) is 1. The number of carboxylic acid groups (broad SMARTS) is 1. The second-order valence-corrected chi connectivity index (χ2v) is 4.32. The van der Waals surface area contributed by atoms with Crippen LogP contribution in [0.5, 0.6) is 0 Å². The molecule has 3 heteroatoms. The number of aromatic nitrogens is 1. The maximum atomic E-state index is 9.00. The van der Waals surface area contributed by atoms with E-state index in [1.807, 2.05) is 0 Å². The molecule has 0 amide bonds. The second-order valence-electron chi connectivity index (χ2n) is 4.32. The zero-order valence-corrected chi connectivity index (χ0v) is 10.0. The van der Waals surface area contributed by atoms with Crippen molar-refractivity contribution in [3.05, 3.63) is 36.0 Å². The fraction of sp³-hybridized carbons (Fsp3) is 0.357.